The second-order valence-electron chi connectivity index (χ2n) is 10.0. The van der Waals surface area contributed by atoms with Gasteiger partial charge >= 0.3 is 0 Å². The van der Waals surface area contributed by atoms with Gasteiger partial charge in [-0.3, -0.25) is 13.6 Å². The Bertz CT molecular complexity index is 1610. The van der Waals surface area contributed by atoms with Gasteiger partial charge in [-0.05, 0) is 50.6 Å². The monoisotopic (exact) mass is 575 g/mol. The van der Waals surface area contributed by atoms with Gasteiger partial charge in [0.1, 0.15) is 11.6 Å². The second kappa shape index (κ2) is 12.9. The fourth-order valence-corrected chi connectivity index (χ4v) is 5.48. The molecule has 0 amide bonds. The van der Waals surface area contributed by atoms with E-state index in [1.165, 1.54) is 16.7 Å². The maximum Gasteiger partial charge on any atom is 0.251 e. The molecule has 1 aliphatic rings. The first-order valence-corrected chi connectivity index (χ1v) is 14.8. The summed E-state index contributed by atoms with van der Waals surface area (Å²) in [6.07, 6.45) is 5.12. The van der Waals surface area contributed by atoms with Crippen LogP contribution in [0.15, 0.2) is 64.5 Å². The van der Waals surface area contributed by atoms with Gasteiger partial charge in [0.05, 0.1) is 51.1 Å². The number of aromatic nitrogens is 3. The number of hydrogen-bond donors (Lipinski definition) is 1. The van der Waals surface area contributed by atoms with E-state index in [1.54, 1.807) is 50.0 Å². The molecule has 1 unspecified atom stereocenters. The minimum Gasteiger partial charge on any atom is -0.378 e. The molecule has 0 spiro atoms. The minimum absolute atomic E-state index is 0.200. The van der Waals surface area contributed by atoms with Gasteiger partial charge in [0, 0.05) is 51.6 Å². The van der Waals surface area contributed by atoms with Crippen molar-refractivity contribution in [2.45, 2.75) is 31.7 Å². The van der Waals surface area contributed by atoms with Crippen LogP contribution in [0.4, 0.5) is 21.6 Å². The lowest BCUT2D eigenvalue weighted by atomic mass is 10.1. The summed E-state index contributed by atoms with van der Waals surface area (Å²) in [5, 5.41) is 12.6. The fourth-order valence-electron chi connectivity index (χ4n) is 4.75. The van der Waals surface area contributed by atoms with Crippen molar-refractivity contribution in [1.82, 2.24) is 14.5 Å². The van der Waals surface area contributed by atoms with Gasteiger partial charge in [-0.2, -0.15) is 5.26 Å². The Hall–Kier alpha value is -4.30. The number of anilines is 3. The van der Waals surface area contributed by atoms with Crippen LogP contribution in [0.1, 0.15) is 35.5 Å². The van der Waals surface area contributed by atoms with Crippen LogP contribution in [0.2, 0.25) is 0 Å². The van der Waals surface area contributed by atoms with Crippen molar-refractivity contribution in [3.05, 3.63) is 93.5 Å². The lowest BCUT2D eigenvalue weighted by Crippen LogP contribution is -2.48. The average Bonchev–Trinajstić information content (AvgIpc) is 2.96. The van der Waals surface area contributed by atoms with Crippen LogP contribution in [0.25, 0.3) is 0 Å². The van der Waals surface area contributed by atoms with Gasteiger partial charge in [0.25, 0.3) is 5.56 Å². The predicted molar refractivity (Wildman–Crippen MR) is 161 cm³/mol. The third-order valence-corrected chi connectivity index (χ3v) is 8.00. The van der Waals surface area contributed by atoms with E-state index in [0.29, 0.717) is 53.7 Å². The molecule has 0 aliphatic carbocycles. The summed E-state index contributed by atoms with van der Waals surface area (Å²) in [5.41, 5.74) is 3.00. The summed E-state index contributed by atoms with van der Waals surface area (Å²) in [6, 6.07) is 13.1. The Balaban J connectivity index is 1.72. The van der Waals surface area contributed by atoms with Gasteiger partial charge in [0.2, 0.25) is 0 Å². The normalized spacial score (nSPS) is 14.6. The van der Waals surface area contributed by atoms with E-state index in [-0.39, 0.29) is 17.4 Å². The van der Waals surface area contributed by atoms with Gasteiger partial charge in [-0.25, -0.2) is 14.4 Å². The molecule has 0 bridgehead atoms. The molecule has 9 nitrogen and oxygen atoms in total. The smallest absolute Gasteiger partial charge is 0.251 e. The van der Waals surface area contributed by atoms with E-state index in [2.05, 4.69) is 26.3 Å². The zero-order valence-electron chi connectivity index (χ0n) is 23.9. The standard InChI is InChI=1S/C30H34FN7O2S/c1-20-6-9-29(39)36(4)30(38-12-10-37(11-13-38)25-18-33-22(3)34-19-25)26(31)16-24(14-20)21(2)35-27-8-7-23(17-32)15-28(27)41(5)40/h6-9,14-16,18-19,21,35H,10-13H2,1-5H3/t21-,41?/m1/s1. The Labute approximate surface area is 242 Å². The van der Waals surface area contributed by atoms with Crippen LogP contribution < -0.4 is 20.7 Å². The van der Waals surface area contributed by atoms with Gasteiger partial charge in [-0.1, -0.05) is 17.7 Å². The number of aryl methyl sites for hydroxylation is 2. The molecular formula is C30H34FN7O2S. The molecule has 4 rings (SSSR count). The average molecular weight is 576 g/mol. The van der Waals surface area contributed by atoms with Crippen LogP contribution in [-0.4, -0.2) is 51.2 Å². The molecule has 1 saturated heterocycles. The molecule has 0 saturated carbocycles. The molecule has 1 aliphatic heterocycles. The van der Waals surface area contributed by atoms with Gasteiger partial charge in [0.15, 0.2) is 5.82 Å². The Morgan fingerprint density at radius 1 is 1.02 bits per heavy atom. The number of piperazine rings is 1. The lowest BCUT2D eigenvalue weighted by molar-refractivity contribution is 0.571. The molecule has 214 valence electrons. The van der Waals surface area contributed by atoms with Crippen molar-refractivity contribution in [2.75, 3.05) is 47.6 Å². The highest BCUT2D eigenvalue weighted by Crippen LogP contribution is 2.27. The van der Waals surface area contributed by atoms with Crippen molar-refractivity contribution in [1.29, 1.82) is 5.26 Å². The van der Waals surface area contributed by atoms with E-state index in [9.17, 15) is 14.3 Å². The van der Waals surface area contributed by atoms with Crippen molar-refractivity contribution in [2.24, 2.45) is 7.05 Å². The molecule has 2 aromatic heterocycles. The van der Waals surface area contributed by atoms with Crippen molar-refractivity contribution < 1.29 is 8.60 Å². The van der Waals surface area contributed by atoms with Crippen molar-refractivity contribution >= 4 is 28.0 Å². The summed E-state index contributed by atoms with van der Waals surface area (Å²) in [4.78, 5) is 26.1. The molecule has 2 atom stereocenters. The van der Waals surface area contributed by atoms with Crippen molar-refractivity contribution in [3.63, 3.8) is 0 Å². The predicted octanol–water partition coefficient (Wildman–Crippen LogP) is 4.16. The van der Waals surface area contributed by atoms with Crippen LogP contribution in [-0.2, 0) is 17.8 Å². The largest absolute Gasteiger partial charge is 0.378 e. The maximum atomic E-state index is 16.2. The molecule has 3 aromatic rings. The highest BCUT2D eigenvalue weighted by Gasteiger charge is 2.22. The molecule has 1 fully saturated rings. The van der Waals surface area contributed by atoms with Crippen LogP contribution in [0.5, 0.6) is 0 Å². The number of rotatable bonds is 6. The third-order valence-electron chi connectivity index (χ3n) is 7.04. The molecule has 11 heteroatoms. The van der Waals surface area contributed by atoms with Crippen molar-refractivity contribution in [3.8, 4) is 6.07 Å². The number of halogens is 1. The third kappa shape index (κ3) is 7.08. The van der Waals surface area contributed by atoms with Crippen LogP contribution in [0.3, 0.4) is 0 Å². The number of hydrogen-bond acceptors (Lipinski definition) is 8. The molecule has 41 heavy (non-hydrogen) atoms. The summed E-state index contributed by atoms with van der Waals surface area (Å²) in [7, 11) is 0.240. The SMILES string of the molecule is Cc1ccc(=O)n(C)c(N2CCN(c3cnc(C)nc3)CC2)c(F)cc([C@@H](C)Nc2ccc(C#N)cc2S(C)=O)c1. The molecule has 1 aromatic carbocycles. The zero-order valence-corrected chi connectivity index (χ0v) is 24.7. The summed E-state index contributed by atoms with van der Waals surface area (Å²) < 4.78 is 30.0. The van der Waals surface area contributed by atoms with Gasteiger partial charge < -0.3 is 15.1 Å². The molecule has 1 N–H and O–H groups in total. The first-order valence-electron chi connectivity index (χ1n) is 13.3. The van der Waals surface area contributed by atoms with E-state index >= 15 is 4.39 Å². The van der Waals surface area contributed by atoms with Crippen LogP contribution in [0, 0.1) is 31.0 Å². The summed E-state index contributed by atoms with van der Waals surface area (Å²) >= 11 is 0. The van der Waals surface area contributed by atoms with E-state index in [1.807, 2.05) is 31.7 Å². The highest BCUT2D eigenvalue weighted by atomic mass is 32.2. The topological polar surface area (TPSA) is 107 Å². The maximum absolute atomic E-state index is 16.2. The number of nitrogens with zero attached hydrogens (tertiary/aromatic N) is 6. The summed E-state index contributed by atoms with van der Waals surface area (Å²) in [5.74, 6) is 0.365. The quantitative estimate of drug-likeness (QED) is 0.467. The van der Waals surface area contributed by atoms with E-state index in [0.717, 1.165) is 11.3 Å². The number of nitrogens with one attached hydrogen (secondary N) is 1. The highest BCUT2D eigenvalue weighted by molar-refractivity contribution is 7.84. The van der Waals surface area contributed by atoms with Gasteiger partial charge in [-0.15, -0.1) is 0 Å². The van der Waals surface area contributed by atoms with Crippen LogP contribution >= 0.6 is 0 Å². The lowest BCUT2D eigenvalue weighted by Gasteiger charge is -2.37. The van der Waals surface area contributed by atoms with E-state index < -0.39 is 16.6 Å². The first-order chi connectivity index (χ1) is 19.6. The Morgan fingerprint density at radius 3 is 2.32 bits per heavy atom. The minimum atomic E-state index is -1.34. The summed E-state index contributed by atoms with van der Waals surface area (Å²) in [6.45, 7) is 7.79. The fraction of sp³-hybridized carbons (Fsp3) is 0.333. The molecule has 3 heterocycles. The first kappa shape index (κ1) is 29.7. The Morgan fingerprint density at radius 2 is 1.68 bits per heavy atom. The number of benzene rings is 1. The zero-order chi connectivity index (χ0) is 29.7. The Kier molecular flexibility index (Phi) is 9.35. The molecular weight excluding hydrogens is 541 g/mol. The molecule has 0 radical (unpaired) electrons. The van der Waals surface area contributed by atoms with E-state index in [4.69, 9.17) is 0 Å². The second-order valence-corrected chi connectivity index (χ2v) is 11.4. The number of nitriles is 1.